The first-order valence-electron chi connectivity index (χ1n) is 13.2. The van der Waals surface area contributed by atoms with E-state index in [-0.39, 0.29) is 6.61 Å². The number of aromatic nitrogens is 3. The fourth-order valence-electron chi connectivity index (χ4n) is 4.54. The van der Waals surface area contributed by atoms with Gasteiger partial charge in [-0.25, -0.2) is 0 Å². The molecule has 1 N–H and O–H groups in total. The minimum absolute atomic E-state index is 0.297. The van der Waals surface area contributed by atoms with Gasteiger partial charge in [0.25, 0.3) is 0 Å². The Hall–Kier alpha value is -4.23. The fraction of sp³-hybridized carbons (Fsp3) is 0.379. The van der Waals surface area contributed by atoms with Crippen LogP contribution in [-0.2, 0) is 38.1 Å². The number of hydrogen-bond acceptors (Lipinski definition) is 11. The third kappa shape index (κ3) is 7.53. The molecule has 0 radical (unpaired) electrons. The normalized spacial score (nSPS) is 21.7. The molecule has 1 saturated heterocycles. The summed E-state index contributed by atoms with van der Waals surface area (Å²) >= 11 is 1.12. The lowest BCUT2D eigenvalue weighted by atomic mass is 9.97. The van der Waals surface area contributed by atoms with Crippen molar-refractivity contribution in [2.45, 2.75) is 69.6 Å². The molecule has 2 heterocycles. The Balaban J connectivity index is 1.80. The van der Waals surface area contributed by atoms with Gasteiger partial charge in [-0.15, -0.1) is 10.2 Å². The molecular formula is C29H32N4O8S. The number of hydrogen-bond donors (Lipinski definition) is 1. The monoisotopic (exact) mass is 596 g/mol. The van der Waals surface area contributed by atoms with Crippen molar-refractivity contribution in [1.82, 2.24) is 20.1 Å². The molecule has 0 aliphatic carbocycles. The first-order chi connectivity index (χ1) is 20.0. The number of nitrogens with one attached hydrogen (secondary N) is 1. The number of rotatable bonds is 9. The van der Waals surface area contributed by atoms with Crippen molar-refractivity contribution >= 4 is 35.6 Å². The zero-order valence-electron chi connectivity index (χ0n) is 23.8. The van der Waals surface area contributed by atoms with Gasteiger partial charge in [-0.1, -0.05) is 59.8 Å². The lowest BCUT2D eigenvalue weighted by molar-refractivity contribution is -0.211. The number of benzene rings is 2. The number of amides is 1. The Morgan fingerprint density at radius 2 is 1.52 bits per heavy atom. The van der Waals surface area contributed by atoms with Crippen LogP contribution in [0, 0.1) is 6.92 Å². The summed E-state index contributed by atoms with van der Waals surface area (Å²) in [5, 5.41) is 12.1. The van der Waals surface area contributed by atoms with Crippen LogP contribution in [0.15, 0.2) is 59.8 Å². The lowest BCUT2D eigenvalue weighted by Gasteiger charge is -2.44. The number of thioether (sulfide) groups is 1. The summed E-state index contributed by atoms with van der Waals surface area (Å²) in [6, 6.07) is 16.3. The molecule has 12 nitrogen and oxygen atoms in total. The molecule has 1 aliphatic heterocycles. The molecule has 1 aliphatic rings. The predicted octanol–water partition coefficient (Wildman–Crippen LogP) is 2.99. The van der Waals surface area contributed by atoms with Gasteiger partial charge in [-0.2, -0.15) is 0 Å². The Kier molecular flexibility index (Phi) is 9.96. The van der Waals surface area contributed by atoms with Crippen molar-refractivity contribution in [3.8, 4) is 17.1 Å². The average molecular weight is 597 g/mol. The van der Waals surface area contributed by atoms with Gasteiger partial charge in [0.1, 0.15) is 24.2 Å². The number of carbonyl (C=O) groups is 4. The van der Waals surface area contributed by atoms with Crippen molar-refractivity contribution < 1.29 is 38.1 Å². The Morgan fingerprint density at radius 1 is 0.881 bits per heavy atom. The van der Waals surface area contributed by atoms with Crippen LogP contribution in [-0.4, -0.2) is 75.0 Å². The first kappa shape index (κ1) is 30.7. The largest absolute Gasteiger partial charge is 0.463 e. The average Bonchev–Trinajstić information content (AvgIpc) is 3.34. The van der Waals surface area contributed by atoms with E-state index in [4.69, 9.17) is 18.9 Å². The van der Waals surface area contributed by atoms with E-state index in [1.54, 1.807) is 0 Å². The highest BCUT2D eigenvalue weighted by atomic mass is 32.2. The third-order valence-electron chi connectivity index (χ3n) is 6.25. The molecular weight excluding hydrogens is 564 g/mol. The van der Waals surface area contributed by atoms with Gasteiger partial charge < -0.3 is 24.3 Å². The van der Waals surface area contributed by atoms with Crippen LogP contribution in [0.3, 0.4) is 0 Å². The van der Waals surface area contributed by atoms with Gasteiger partial charge in [0, 0.05) is 38.9 Å². The summed E-state index contributed by atoms with van der Waals surface area (Å²) in [7, 11) is 0. The quantitative estimate of drug-likeness (QED) is 0.287. The summed E-state index contributed by atoms with van der Waals surface area (Å²) in [5.41, 5.74) is 1.75. The molecule has 1 fully saturated rings. The van der Waals surface area contributed by atoms with Crippen LogP contribution in [0.4, 0.5) is 0 Å². The Labute approximate surface area is 247 Å². The van der Waals surface area contributed by atoms with E-state index in [0.29, 0.717) is 11.0 Å². The molecule has 1 aromatic heterocycles. The maximum atomic E-state index is 12.3. The maximum absolute atomic E-state index is 12.3. The number of esters is 3. The number of ether oxygens (including phenoxy) is 4. The van der Waals surface area contributed by atoms with Crippen LogP contribution in [0.25, 0.3) is 17.1 Å². The van der Waals surface area contributed by atoms with Gasteiger partial charge in [0.15, 0.2) is 23.2 Å². The smallest absolute Gasteiger partial charge is 0.303 e. The zero-order valence-corrected chi connectivity index (χ0v) is 24.6. The topological polar surface area (TPSA) is 148 Å². The fourth-order valence-corrected chi connectivity index (χ4v) is 5.70. The molecule has 222 valence electrons. The van der Waals surface area contributed by atoms with Crippen LogP contribution in [0.5, 0.6) is 0 Å². The van der Waals surface area contributed by atoms with Crippen molar-refractivity contribution in [2.24, 2.45) is 0 Å². The minimum atomic E-state index is -1.19. The lowest BCUT2D eigenvalue weighted by Crippen LogP contribution is -2.65. The summed E-state index contributed by atoms with van der Waals surface area (Å²) < 4.78 is 24.5. The van der Waals surface area contributed by atoms with Crippen molar-refractivity contribution in [3.05, 3.63) is 60.2 Å². The van der Waals surface area contributed by atoms with Crippen molar-refractivity contribution in [2.75, 3.05) is 6.61 Å². The molecule has 0 saturated carbocycles. The van der Waals surface area contributed by atoms with E-state index < -0.39 is 53.6 Å². The molecule has 13 heteroatoms. The second-order valence-electron chi connectivity index (χ2n) is 9.68. The van der Waals surface area contributed by atoms with E-state index in [2.05, 4.69) is 15.5 Å². The Morgan fingerprint density at radius 3 is 2.12 bits per heavy atom. The van der Waals surface area contributed by atoms with Crippen molar-refractivity contribution in [1.29, 1.82) is 0 Å². The van der Waals surface area contributed by atoms with Crippen LogP contribution in [0.1, 0.15) is 33.3 Å². The highest BCUT2D eigenvalue weighted by Gasteiger charge is 2.51. The maximum Gasteiger partial charge on any atom is 0.303 e. The van der Waals surface area contributed by atoms with E-state index >= 15 is 0 Å². The molecule has 2 aromatic carbocycles. The van der Waals surface area contributed by atoms with Gasteiger partial charge >= 0.3 is 17.9 Å². The molecule has 3 aromatic rings. The second kappa shape index (κ2) is 13.6. The zero-order chi connectivity index (χ0) is 30.4. The molecule has 42 heavy (non-hydrogen) atoms. The molecule has 0 unspecified atom stereocenters. The van der Waals surface area contributed by atoms with Gasteiger partial charge in [-0.05, 0) is 19.1 Å². The molecule has 4 rings (SSSR count). The third-order valence-corrected chi connectivity index (χ3v) is 7.36. The second-order valence-corrected chi connectivity index (χ2v) is 10.7. The SMILES string of the molecule is CC(=O)N[C@@H]1[C@@H](OC(C)=O)[C@H](OC(C)=O)[C@@H](COC(C)=O)O[C@H]1Sc1nnc(-c2ccc(C)cc2)n1-c1ccccc1. The molecule has 5 atom stereocenters. The number of carbonyl (C=O) groups excluding carboxylic acids is 4. The van der Waals surface area contributed by atoms with E-state index in [1.807, 2.05) is 66.1 Å². The van der Waals surface area contributed by atoms with Gasteiger partial charge in [-0.3, -0.25) is 23.7 Å². The molecule has 0 spiro atoms. The summed E-state index contributed by atoms with van der Waals surface area (Å²) in [6.07, 6.45) is -3.39. The van der Waals surface area contributed by atoms with E-state index in [9.17, 15) is 19.2 Å². The summed E-state index contributed by atoms with van der Waals surface area (Å²) in [4.78, 5) is 48.3. The highest BCUT2D eigenvalue weighted by molar-refractivity contribution is 7.99. The van der Waals surface area contributed by atoms with E-state index in [0.717, 1.165) is 28.6 Å². The predicted molar refractivity (Wildman–Crippen MR) is 151 cm³/mol. The number of nitrogens with zero attached hydrogens (tertiary/aromatic N) is 3. The molecule has 1 amide bonds. The molecule has 0 bridgehead atoms. The van der Waals surface area contributed by atoms with Crippen LogP contribution in [0.2, 0.25) is 0 Å². The minimum Gasteiger partial charge on any atom is -0.463 e. The first-order valence-corrected chi connectivity index (χ1v) is 14.1. The highest BCUT2D eigenvalue weighted by Crippen LogP contribution is 2.37. The number of para-hydroxylation sites is 1. The Bertz CT molecular complexity index is 1430. The standard InChI is InChI=1S/C29H32N4O8S/c1-16-11-13-21(14-12-16)27-31-32-29(33(27)22-9-7-6-8-10-22)42-28-24(30-17(2)34)26(40-20(5)37)25(39-19(4)36)23(41-28)15-38-18(3)35/h6-14,23-26,28H,15H2,1-5H3,(H,30,34)/t23-,24-,25-,26-,28+/m1/s1. The van der Waals surface area contributed by atoms with E-state index in [1.165, 1.54) is 27.7 Å². The summed E-state index contributed by atoms with van der Waals surface area (Å²) in [5.74, 6) is -1.78. The van der Waals surface area contributed by atoms with Crippen LogP contribution < -0.4 is 5.32 Å². The van der Waals surface area contributed by atoms with Crippen molar-refractivity contribution in [3.63, 3.8) is 0 Å². The van der Waals surface area contributed by atoms with Gasteiger partial charge in [0.05, 0.1) is 0 Å². The van der Waals surface area contributed by atoms with Crippen LogP contribution >= 0.6 is 11.8 Å². The van der Waals surface area contributed by atoms with Gasteiger partial charge in [0.2, 0.25) is 5.91 Å². The number of aryl methyl sites for hydroxylation is 1. The summed E-state index contributed by atoms with van der Waals surface area (Å²) in [6.45, 7) is 6.62.